The molecule has 0 unspecified atom stereocenters. The van der Waals surface area contributed by atoms with Gasteiger partial charge in [-0.25, -0.2) is 4.39 Å². The number of hydrogen-bond acceptors (Lipinski definition) is 7. The van der Waals surface area contributed by atoms with Crippen molar-refractivity contribution in [3.63, 3.8) is 0 Å². The van der Waals surface area contributed by atoms with Crippen molar-refractivity contribution in [3.05, 3.63) is 203 Å². The van der Waals surface area contributed by atoms with Crippen molar-refractivity contribution in [2.75, 3.05) is 6.61 Å². The van der Waals surface area contributed by atoms with Gasteiger partial charge in [0.1, 0.15) is 30.2 Å². The summed E-state index contributed by atoms with van der Waals surface area (Å²) in [4.78, 5) is 2.10. The van der Waals surface area contributed by atoms with Crippen LogP contribution in [0.2, 0.25) is 10.1 Å². The first kappa shape index (κ1) is 47.6. The molecule has 0 spiro atoms. The van der Waals surface area contributed by atoms with Gasteiger partial charge in [-0.3, -0.25) is 0 Å². The molecule has 1 saturated heterocycles. The van der Waals surface area contributed by atoms with E-state index in [0.717, 1.165) is 47.2 Å². The van der Waals surface area contributed by atoms with Crippen molar-refractivity contribution < 1.29 is 33.3 Å². The molecule has 342 valence electrons. The Hall–Kier alpha value is -4.86. The van der Waals surface area contributed by atoms with Crippen molar-refractivity contribution in [2.45, 2.75) is 95.2 Å². The van der Waals surface area contributed by atoms with Gasteiger partial charge in [0.2, 0.25) is 5.79 Å². The van der Waals surface area contributed by atoms with Crippen molar-refractivity contribution >= 4 is 48.7 Å². The van der Waals surface area contributed by atoms with Crippen molar-refractivity contribution in [2.24, 2.45) is 0 Å². The van der Waals surface area contributed by atoms with E-state index < -0.39 is 63.5 Å². The molecule has 8 rings (SSSR count). The Bertz CT molecular complexity index is 2610. The van der Waals surface area contributed by atoms with Gasteiger partial charge in [-0.2, -0.15) is 0 Å². The Morgan fingerprint density at radius 2 is 1.11 bits per heavy atom. The van der Waals surface area contributed by atoms with E-state index in [9.17, 15) is 19.7 Å². The van der Waals surface area contributed by atoms with E-state index in [0.29, 0.717) is 12.0 Å². The molecule has 1 aliphatic heterocycles. The number of thiophene rings is 1. The lowest BCUT2D eigenvalue weighted by atomic mass is 9.86. The Balaban J connectivity index is 1.31. The summed E-state index contributed by atoms with van der Waals surface area (Å²) in [6.07, 6.45) is -4.70. The first-order valence-electron chi connectivity index (χ1n) is 22.7. The van der Waals surface area contributed by atoms with Gasteiger partial charge in [-0.15, -0.1) is 11.3 Å². The minimum atomic E-state index is -3.53. The van der Waals surface area contributed by atoms with Gasteiger partial charge in [0.05, 0.1) is 6.61 Å². The Kier molecular flexibility index (Phi) is 13.7. The largest absolute Gasteiger partial charge is 0.399 e. The summed E-state index contributed by atoms with van der Waals surface area (Å²) < 4.78 is 36.3. The zero-order valence-electron chi connectivity index (χ0n) is 38.8. The van der Waals surface area contributed by atoms with Crippen LogP contribution in [-0.4, -0.2) is 63.0 Å². The summed E-state index contributed by atoms with van der Waals surface area (Å²) in [6.45, 7) is 14.5. The predicted molar refractivity (Wildman–Crippen MR) is 271 cm³/mol. The summed E-state index contributed by atoms with van der Waals surface area (Å²) in [5.41, 5.74) is 3.28. The fourth-order valence-corrected chi connectivity index (χ4v) is 20.4. The highest BCUT2D eigenvalue weighted by atomic mass is 32.1. The van der Waals surface area contributed by atoms with E-state index in [2.05, 4.69) is 96.1 Å². The molecule has 7 aromatic rings. The number of aliphatic hydroxyl groups is 3. The third-order valence-corrected chi connectivity index (χ3v) is 24.5. The SMILES string of the molecule is Cc1ccc([C@@]2(O)O[C@H](CO)[C@@H](O[Si](c3ccccc3)(c3ccccc3)C(C)(C)C)[C@H](O)[C@H]2O[Si](c2ccccc2)(c2ccccc2)C(C)(C)C)cc1Cc1ccc(-c2ccc(F)cc2)s1. The van der Waals surface area contributed by atoms with Crippen molar-refractivity contribution in [3.8, 4) is 10.4 Å². The summed E-state index contributed by atoms with van der Waals surface area (Å²) in [7, 11) is -6.93. The van der Waals surface area contributed by atoms with Crippen LogP contribution >= 0.6 is 11.3 Å². The van der Waals surface area contributed by atoms with Crippen LogP contribution in [0.25, 0.3) is 10.4 Å². The van der Waals surface area contributed by atoms with Crippen molar-refractivity contribution in [1.82, 2.24) is 0 Å². The fraction of sp³-hybridized carbons (Fsp3) is 0.286. The van der Waals surface area contributed by atoms with Gasteiger partial charge in [0, 0.05) is 21.7 Å². The summed E-state index contributed by atoms with van der Waals surface area (Å²) in [5, 5.41) is 41.5. The average molecular weight is 937 g/mol. The zero-order chi connectivity index (χ0) is 46.9. The lowest BCUT2D eigenvalue weighted by Gasteiger charge is -2.56. The lowest BCUT2D eigenvalue weighted by molar-refractivity contribution is -0.351. The second kappa shape index (κ2) is 19.0. The molecule has 10 heteroatoms. The van der Waals surface area contributed by atoms with Crippen LogP contribution in [-0.2, 0) is 25.8 Å². The summed E-state index contributed by atoms with van der Waals surface area (Å²) >= 11 is 1.63. The highest BCUT2D eigenvalue weighted by molar-refractivity contribution is 7.15. The molecule has 0 bridgehead atoms. The average Bonchev–Trinajstić information content (AvgIpc) is 3.78. The number of aliphatic hydroxyl groups excluding tert-OH is 2. The number of ether oxygens (including phenoxy) is 1. The van der Waals surface area contributed by atoms with Crippen molar-refractivity contribution in [1.29, 1.82) is 0 Å². The summed E-state index contributed by atoms with van der Waals surface area (Å²) in [6, 6.07) is 57.0. The lowest BCUT2D eigenvalue weighted by Crippen LogP contribution is -2.76. The Morgan fingerprint density at radius 1 is 0.636 bits per heavy atom. The molecule has 1 aliphatic rings. The molecule has 0 radical (unpaired) electrons. The minimum absolute atomic E-state index is 0.280. The number of benzene rings is 6. The predicted octanol–water partition coefficient (Wildman–Crippen LogP) is 9.24. The number of aryl methyl sites for hydroxylation is 1. The van der Waals surface area contributed by atoms with E-state index >= 15 is 0 Å². The van der Waals surface area contributed by atoms with Crippen LogP contribution in [0.3, 0.4) is 0 Å². The molecule has 1 aromatic heterocycles. The van der Waals surface area contributed by atoms with Crippen LogP contribution < -0.4 is 20.7 Å². The molecule has 6 nitrogen and oxygen atoms in total. The van der Waals surface area contributed by atoms with Gasteiger partial charge < -0.3 is 28.9 Å². The monoisotopic (exact) mass is 936 g/mol. The highest BCUT2D eigenvalue weighted by Gasteiger charge is 2.63. The van der Waals surface area contributed by atoms with Gasteiger partial charge in [0.25, 0.3) is 16.6 Å². The molecule has 0 saturated carbocycles. The first-order valence-corrected chi connectivity index (χ1v) is 27.4. The van der Waals surface area contributed by atoms with E-state index in [4.69, 9.17) is 13.6 Å². The molecule has 3 N–H and O–H groups in total. The maximum Gasteiger partial charge on any atom is 0.261 e. The van der Waals surface area contributed by atoms with Crippen LogP contribution in [0.1, 0.15) is 63.1 Å². The molecule has 5 atom stereocenters. The standard InChI is InChI=1S/C56H61FO6SSi2/c1-39-28-31-42(36-41(39)37-44-34-35-50(64-44)40-29-32-43(57)33-30-40)56(60)53(63-66(55(5,6)7,47-24-16-10-17-25-47)48-26-18-11-19-27-48)51(59)52(49(38-58)61-56)62-65(54(2,3)4,45-20-12-8-13-21-45)46-22-14-9-15-23-46/h8-36,49,51-53,58-60H,37-38H2,1-7H3/t49-,51+,52-,53-,56-/m1/s1. The van der Waals surface area contributed by atoms with E-state index in [-0.39, 0.29) is 5.82 Å². The van der Waals surface area contributed by atoms with Crippen LogP contribution in [0.5, 0.6) is 0 Å². The fourth-order valence-electron chi connectivity index (χ4n) is 9.95. The smallest absolute Gasteiger partial charge is 0.261 e. The van der Waals surface area contributed by atoms with Gasteiger partial charge >= 0.3 is 0 Å². The maximum absolute atomic E-state index is 13.8. The van der Waals surface area contributed by atoms with Gasteiger partial charge in [-0.05, 0) is 84.8 Å². The van der Waals surface area contributed by atoms with E-state index in [1.54, 1.807) is 23.5 Å². The molecule has 66 heavy (non-hydrogen) atoms. The normalized spacial score (nSPS) is 20.6. The first-order chi connectivity index (χ1) is 31.5. The highest BCUT2D eigenvalue weighted by Crippen LogP contribution is 2.47. The topological polar surface area (TPSA) is 88.4 Å². The second-order valence-electron chi connectivity index (χ2n) is 19.6. The van der Waals surface area contributed by atoms with Crippen LogP contribution in [0.15, 0.2) is 176 Å². The quantitative estimate of drug-likeness (QED) is 0.100. The molecular weight excluding hydrogens is 876 g/mol. The van der Waals surface area contributed by atoms with Gasteiger partial charge in [-0.1, -0.05) is 187 Å². The Morgan fingerprint density at radius 3 is 1.56 bits per heavy atom. The molecular formula is C56H61FO6SSi2. The molecule has 1 fully saturated rings. The second-order valence-corrected chi connectivity index (χ2v) is 29.2. The third-order valence-electron chi connectivity index (χ3n) is 13.3. The minimum Gasteiger partial charge on any atom is -0.399 e. The number of hydrogen-bond donors (Lipinski definition) is 3. The van der Waals surface area contributed by atoms with Crippen LogP contribution in [0, 0.1) is 12.7 Å². The zero-order valence-corrected chi connectivity index (χ0v) is 41.6. The molecule has 0 amide bonds. The number of halogens is 1. The molecule has 2 heterocycles. The van der Waals surface area contributed by atoms with E-state index in [1.165, 1.54) is 12.1 Å². The molecule has 0 aliphatic carbocycles. The van der Waals surface area contributed by atoms with Crippen LogP contribution in [0.4, 0.5) is 4.39 Å². The van der Waals surface area contributed by atoms with E-state index in [1.807, 2.05) is 104 Å². The van der Waals surface area contributed by atoms with Gasteiger partial charge in [0.15, 0.2) is 0 Å². The summed E-state index contributed by atoms with van der Waals surface area (Å²) in [5.74, 6) is -2.56. The Labute approximate surface area is 395 Å². The maximum atomic E-state index is 13.8. The molecule has 6 aromatic carbocycles. The third kappa shape index (κ3) is 8.87. The number of rotatable bonds is 13.